The maximum atomic E-state index is 12.8. The highest BCUT2D eigenvalue weighted by Gasteiger charge is 2.25. The Morgan fingerprint density at radius 1 is 0.957 bits per heavy atom. The van der Waals surface area contributed by atoms with Gasteiger partial charge in [0.25, 0.3) is 0 Å². The van der Waals surface area contributed by atoms with Gasteiger partial charge in [-0.1, -0.05) is 6.42 Å². The molecule has 0 aliphatic carbocycles. The zero-order valence-electron chi connectivity index (χ0n) is 14.1. The number of hydrogen-bond donors (Lipinski definition) is 1. The molecule has 0 saturated carbocycles. The van der Waals surface area contributed by atoms with Gasteiger partial charge < -0.3 is 15.1 Å². The lowest BCUT2D eigenvalue weighted by atomic mass is 10.00. The molecule has 2 saturated heterocycles. The van der Waals surface area contributed by atoms with Gasteiger partial charge in [0.15, 0.2) is 0 Å². The first-order valence-electron chi connectivity index (χ1n) is 9.27. The Bertz CT molecular complexity index is 448. The molecule has 3 rings (SSSR count). The van der Waals surface area contributed by atoms with Crippen molar-refractivity contribution in [3.8, 4) is 0 Å². The van der Waals surface area contributed by atoms with Crippen molar-refractivity contribution in [1.82, 2.24) is 9.80 Å². The van der Waals surface area contributed by atoms with Crippen LogP contribution in [0.15, 0.2) is 24.3 Å². The van der Waals surface area contributed by atoms with Crippen molar-refractivity contribution >= 4 is 5.69 Å². The molecule has 0 radical (unpaired) electrons. The van der Waals surface area contributed by atoms with Gasteiger partial charge in [0.1, 0.15) is 5.82 Å². The lowest BCUT2D eigenvalue weighted by Crippen LogP contribution is -2.46. The van der Waals surface area contributed by atoms with E-state index in [4.69, 9.17) is 0 Å². The first kappa shape index (κ1) is 16.7. The van der Waals surface area contributed by atoms with E-state index >= 15 is 0 Å². The lowest BCUT2D eigenvalue weighted by Gasteiger charge is -2.40. The third kappa shape index (κ3) is 5.18. The number of hydrogen-bond acceptors (Lipinski definition) is 3. The molecular weight excluding hydrogens is 289 g/mol. The van der Waals surface area contributed by atoms with Gasteiger partial charge in [-0.2, -0.15) is 0 Å². The van der Waals surface area contributed by atoms with Crippen molar-refractivity contribution in [3.63, 3.8) is 0 Å². The van der Waals surface area contributed by atoms with E-state index in [9.17, 15) is 4.39 Å². The third-order valence-corrected chi connectivity index (χ3v) is 5.29. The normalized spacial score (nSPS) is 21.4. The van der Waals surface area contributed by atoms with Crippen LogP contribution in [0.4, 0.5) is 10.1 Å². The summed E-state index contributed by atoms with van der Waals surface area (Å²) in [6.07, 6.45) is 8.05. The van der Waals surface area contributed by atoms with Gasteiger partial charge in [0.2, 0.25) is 0 Å². The Hall–Kier alpha value is -1.13. The minimum absolute atomic E-state index is 0.174. The van der Waals surface area contributed by atoms with Crippen LogP contribution in [0.2, 0.25) is 0 Å². The summed E-state index contributed by atoms with van der Waals surface area (Å²) in [5.41, 5.74) is 1.01. The lowest BCUT2D eigenvalue weighted by molar-refractivity contribution is 0.0925. The van der Waals surface area contributed by atoms with E-state index in [2.05, 4.69) is 15.1 Å². The predicted molar refractivity (Wildman–Crippen MR) is 94.4 cm³/mol. The SMILES string of the molecule is Fc1ccc(NCCCN2CCC(N3CCCCC3)CC2)cc1. The molecule has 4 heteroatoms. The van der Waals surface area contributed by atoms with Crippen molar-refractivity contribution in [3.05, 3.63) is 30.1 Å². The van der Waals surface area contributed by atoms with Gasteiger partial charge in [0, 0.05) is 18.3 Å². The molecule has 2 heterocycles. The second kappa shape index (κ2) is 8.65. The highest BCUT2D eigenvalue weighted by molar-refractivity contribution is 5.42. The molecule has 3 nitrogen and oxygen atoms in total. The Morgan fingerprint density at radius 2 is 1.65 bits per heavy atom. The maximum absolute atomic E-state index is 12.8. The number of piperidine rings is 2. The summed E-state index contributed by atoms with van der Waals surface area (Å²) in [5, 5.41) is 3.37. The number of halogens is 1. The maximum Gasteiger partial charge on any atom is 0.123 e. The molecule has 2 aliphatic rings. The second-order valence-corrected chi connectivity index (χ2v) is 6.96. The molecule has 0 unspecified atom stereocenters. The van der Waals surface area contributed by atoms with E-state index < -0.39 is 0 Å². The first-order chi connectivity index (χ1) is 11.3. The number of rotatable bonds is 6. The molecule has 2 aliphatic heterocycles. The highest BCUT2D eigenvalue weighted by atomic mass is 19.1. The smallest absolute Gasteiger partial charge is 0.123 e. The van der Waals surface area contributed by atoms with Crippen LogP contribution in [0.3, 0.4) is 0 Å². The van der Waals surface area contributed by atoms with Crippen LogP contribution >= 0.6 is 0 Å². The molecule has 1 aromatic carbocycles. The summed E-state index contributed by atoms with van der Waals surface area (Å²) in [4.78, 5) is 5.34. The van der Waals surface area contributed by atoms with E-state index in [-0.39, 0.29) is 5.82 Å². The number of nitrogens with one attached hydrogen (secondary N) is 1. The summed E-state index contributed by atoms with van der Waals surface area (Å²) >= 11 is 0. The Balaban J connectivity index is 1.29. The quantitative estimate of drug-likeness (QED) is 0.809. The summed E-state index contributed by atoms with van der Waals surface area (Å²) in [7, 11) is 0. The van der Waals surface area contributed by atoms with E-state index in [1.165, 1.54) is 77.0 Å². The predicted octanol–water partition coefficient (Wildman–Crippen LogP) is 3.58. The highest BCUT2D eigenvalue weighted by Crippen LogP contribution is 2.20. The van der Waals surface area contributed by atoms with Gasteiger partial charge in [-0.15, -0.1) is 0 Å². The van der Waals surface area contributed by atoms with Crippen LogP contribution in [0.25, 0.3) is 0 Å². The average Bonchev–Trinajstić information content (AvgIpc) is 2.62. The van der Waals surface area contributed by atoms with Gasteiger partial charge in [-0.25, -0.2) is 4.39 Å². The van der Waals surface area contributed by atoms with Gasteiger partial charge >= 0.3 is 0 Å². The van der Waals surface area contributed by atoms with Gasteiger partial charge in [-0.05, 0) is 89.1 Å². The fraction of sp³-hybridized carbons (Fsp3) is 0.684. The first-order valence-corrected chi connectivity index (χ1v) is 9.27. The molecule has 0 atom stereocenters. The van der Waals surface area contributed by atoms with Crippen molar-refractivity contribution in [2.45, 2.75) is 44.6 Å². The molecule has 0 bridgehead atoms. The summed E-state index contributed by atoms with van der Waals surface area (Å²) < 4.78 is 12.8. The molecule has 2 fully saturated rings. The summed E-state index contributed by atoms with van der Waals surface area (Å²) in [6, 6.07) is 7.46. The molecule has 23 heavy (non-hydrogen) atoms. The molecule has 0 spiro atoms. The fourth-order valence-corrected chi connectivity index (χ4v) is 3.89. The molecule has 1 aromatic rings. The topological polar surface area (TPSA) is 18.5 Å². The molecule has 0 aromatic heterocycles. The molecular formula is C19H30FN3. The van der Waals surface area contributed by atoms with Crippen LogP contribution in [0.1, 0.15) is 38.5 Å². The minimum Gasteiger partial charge on any atom is -0.385 e. The van der Waals surface area contributed by atoms with Crippen LogP contribution in [-0.2, 0) is 0 Å². The number of anilines is 1. The number of benzene rings is 1. The van der Waals surface area contributed by atoms with Crippen LogP contribution in [0.5, 0.6) is 0 Å². The molecule has 128 valence electrons. The fourth-order valence-electron chi connectivity index (χ4n) is 3.89. The average molecular weight is 319 g/mol. The monoisotopic (exact) mass is 319 g/mol. The Morgan fingerprint density at radius 3 is 2.35 bits per heavy atom. The van der Waals surface area contributed by atoms with E-state index in [1.807, 2.05) is 0 Å². The van der Waals surface area contributed by atoms with Gasteiger partial charge in [0.05, 0.1) is 0 Å². The number of likely N-dealkylation sites (tertiary alicyclic amines) is 2. The summed E-state index contributed by atoms with van der Waals surface area (Å²) in [5.74, 6) is -0.174. The van der Waals surface area contributed by atoms with Crippen molar-refractivity contribution < 1.29 is 4.39 Å². The van der Waals surface area contributed by atoms with E-state index in [0.29, 0.717) is 0 Å². The van der Waals surface area contributed by atoms with E-state index in [1.54, 1.807) is 12.1 Å². The number of nitrogens with zero attached hydrogens (tertiary/aromatic N) is 2. The Labute approximate surface area is 139 Å². The zero-order valence-corrected chi connectivity index (χ0v) is 14.1. The van der Waals surface area contributed by atoms with Crippen molar-refractivity contribution in [2.75, 3.05) is 44.6 Å². The second-order valence-electron chi connectivity index (χ2n) is 6.96. The van der Waals surface area contributed by atoms with Crippen molar-refractivity contribution in [2.24, 2.45) is 0 Å². The zero-order chi connectivity index (χ0) is 15.9. The van der Waals surface area contributed by atoms with Crippen LogP contribution < -0.4 is 5.32 Å². The molecule has 0 amide bonds. The van der Waals surface area contributed by atoms with Crippen LogP contribution in [-0.4, -0.2) is 55.1 Å². The third-order valence-electron chi connectivity index (χ3n) is 5.29. The minimum atomic E-state index is -0.174. The largest absolute Gasteiger partial charge is 0.385 e. The Kier molecular flexibility index (Phi) is 6.29. The van der Waals surface area contributed by atoms with Crippen molar-refractivity contribution in [1.29, 1.82) is 0 Å². The van der Waals surface area contributed by atoms with Crippen LogP contribution in [0, 0.1) is 5.82 Å². The van der Waals surface area contributed by atoms with E-state index in [0.717, 1.165) is 24.7 Å². The standard InChI is InChI=1S/C19H30FN3/c20-17-5-7-18(8-6-17)21-11-4-12-22-15-9-19(10-16-22)23-13-2-1-3-14-23/h5-8,19,21H,1-4,9-16H2. The van der Waals surface area contributed by atoms with Gasteiger partial charge in [-0.3, -0.25) is 0 Å². The summed E-state index contributed by atoms with van der Waals surface area (Å²) in [6.45, 7) is 7.27. The molecule has 1 N–H and O–H groups in total.